The van der Waals surface area contributed by atoms with Crippen LogP contribution >= 0.6 is 11.3 Å². The minimum absolute atomic E-state index is 0.185. The number of piperazine rings is 1. The molecule has 0 unspecified atom stereocenters. The molecule has 3 heterocycles. The Hall–Kier alpha value is -3.11. The molecule has 1 amide bonds. The summed E-state index contributed by atoms with van der Waals surface area (Å²) in [5, 5.41) is 6.70. The SMILES string of the molecule is CCCN1CCN(c2nc(C)nc(Nc3ncc(C(=O)Nc4c(C)cccc4C)s3)n2)CC1. The second kappa shape index (κ2) is 10.2. The van der Waals surface area contributed by atoms with Crippen molar-refractivity contribution in [3.05, 3.63) is 46.2 Å². The minimum atomic E-state index is -0.185. The number of para-hydroxylation sites is 1. The molecule has 1 aliphatic heterocycles. The van der Waals surface area contributed by atoms with Gasteiger partial charge in [0.15, 0.2) is 5.13 Å². The fourth-order valence-corrected chi connectivity index (χ4v) is 4.58. The summed E-state index contributed by atoms with van der Waals surface area (Å²) in [7, 11) is 0. The van der Waals surface area contributed by atoms with E-state index in [-0.39, 0.29) is 5.91 Å². The number of anilines is 4. The van der Waals surface area contributed by atoms with Crippen molar-refractivity contribution in [2.75, 3.05) is 48.3 Å². The Labute approximate surface area is 198 Å². The highest BCUT2D eigenvalue weighted by Gasteiger charge is 2.20. The van der Waals surface area contributed by atoms with Crippen LogP contribution < -0.4 is 15.5 Å². The second-order valence-electron chi connectivity index (χ2n) is 8.21. The van der Waals surface area contributed by atoms with E-state index in [1.807, 2.05) is 39.0 Å². The third-order valence-electron chi connectivity index (χ3n) is 5.60. The first kappa shape index (κ1) is 23.1. The smallest absolute Gasteiger partial charge is 0.267 e. The zero-order valence-electron chi connectivity index (χ0n) is 19.6. The normalized spacial score (nSPS) is 14.4. The Bertz CT molecular complexity index is 1100. The first-order valence-corrected chi connectivity index (χ1v) is 12.0. The van der Waals surface area contributed by atoms with Gasteiger partial charge < -0.3 is 10.2 Å². The van der Waals surface area contributed by atoms with Crippen molar-refractivity contribution in [3.63, 3.8) is 0 Å². The molecule has 3 aromatic rings. The van der Waals surface area contributed by atoms with Gasteiger partial charge in [-0.3, -0.25) is 15.0 Å². The highest BCUT2D eigenvalue weighted by Crippen LogP contribution is 2.25. The number of aromatic nitrogens is 4. The van der Waals surface area contributed by atoms with Gasteiger partial charge in [0, 0.05) is 31.9 Å². The van der Waals surface area contributed by atoms with E-state index in [2.05, 4.69) is 47.3 Å². The number of hydrogen-bond acceptors (Lipinski definition) is 9. The molecule has 0 aliphatic carbocycles. The largest absolute Gasteiger partial charge is 0.338 e. The van der Waals surface area contributed by atoms with Crippen molar-refractivity contribution in [2.45, 2.75) is 34.1 Å². The summed E-state index contributed by atoms with van der Waals surface area (Å²) in [6.45, 7) is 12.9. The van der Waals surface area contributed by atoms with Crippen LogP contribution in [0.1, 0.15) is 40.0 Å². The zero-order valence-corrected chi connectivity index (χ0v) is 20.4. The Morgan fingerprint density at radius 2 is 1.79 bits per heavy atom. The van der Waals surface area contributed by atoms with Gasteiger partial charge in [0.2, 0.25) is 11.9 Å². The van der Waals surface area contributed by atoms with Gasteiger partial charge in [-0.25, -0.2) is 4.98 Å². The van der Waals surface area contributed by atoms with E-state index in [1.165, 1.54) is 11.3 Å². The van der Waals surface area contributed by atoms with Gasteiger partial charge in [-0.2, -0.15) is 15.0 Å². The summed E-state index contributed by atoms with van der Waals surface area (Å²) >= 11 is 1.26. The first-order chi connectivity index (χ1) is 15.9. The number of aryl methyl sites for hydroxylation is 3. The second-order valence-corrected chi connectivity index (χ2v) is 9.24. The van der Waals surface area contributed by atoms with Gasteiger partial charge >= 0.3 is 0 Å². The average Bonchev–Trinajstić information content (AvgIpc) is 3.25. The third kappa shape index (κ3) is 5.63. The molecule has 0 bridgehead atoms. The maximum absolute atomic E-state index is 12.8. The van der Waals surface area contributed by atoms with E-state index >= 15 is 0 Å². The summed E-state index contributed by atoms with van der Waals surface area (Å²) in [4.78, 5) is 35.8. The monoisotopic (exact) mass is 466 g/mol. The molecule has 0 spiro atoms. The first-order valence-electron chi connectivity index (χ1n) is 11.2. The predicted molar refractivity (Wildman–Crippen MR) is 133 cm³/mol. The number of nitrogens with zero attached hydrogens (tertiary/aromatic N) is 6. The minimum Gasteiger partial charge on any atom is -0.338 e. The highest BCUT2D eigenvalue weighted by molar-refractivity contribution is 7.17. The van der Waals surface area contributed by atoms with Crippen molar-refractivity contribution in [1.29, 1.82) is 0 Å². The van der Waals surface area contributed by atoms with Crippen LogP contribution in [0.4, 0.5) is 22.7 Å². The maximum atomic E-state index is 12.8. The van der Waals surface area contributed by atoms with Crippen LogP contribution in [-0.2, 0) is 0 Å². The lowest BCUT2D eigenvalue weighted by Gasteiger charge is -2.34. The molecular formula is C23H30N8OS. The maximum Gasteiger partial charge on any atom is 0.267 e. The Morgan fingerprint density at radius 3 is 2.48 bits per heavy atom. The van der Waals surface area contributed by atoms with Crippen molar-refractivity contribution in [3.8, 4) is 0 Å². The number of rotatable bonds is 7. The van der Waals surface area contributed by atoms with Crippen LogP contribution in [0.5, 0.6) is 0 Å². The van der Waals surface area contributed by atoms with Gasteiger partial charge in [0.25, 0.3) is 5.91 Å². The topological polar surface area (TPSA) is 99.2 Å². The van der Waals surface area contributed by atoms with Gasteiger partial charge in [-0.15, -0.1) is 0 Å². The molecule has 1 saturated heterocycles. The van der Waals surface area contributed by atoms with Crippen LogP contribution in [-0.4, -0.2) is 63.5 Å². The number of thiazole rings is 1. The molecular weight excluding hydrogens is 436 g/mol. The summed E-state index contributed by atoms with van der Waals surface area (Å²) in [6, 6.07) is 5.93. The number of amides is 1. The van der Waals surface area contributed by atoms with E-state index < -0.39 is 0 Å². The molecule has 1 aliphatic rings. The van der Waals surface area contributed by atoms with Crippen molar-refractivity contribution in [2.24, 2.45) is 0 Å². The summed E-state index contributed by atoms with van der Waals surface area (Å²) in [6.07, 6.45) is 2.73. The molecule has 1 fully saturated rings. The number of carbonyl (C=O) groups excluding carboxylic acids is 1. The fraction of sp³-hybridized carbons (Fsp3) is 0.435. The van der Waals surface area contributed by atoms with Gasteiger partial charge in [-0.1, -0.05) is 36.5 Å². The summed E-state index contributed by atoms with van der Waals surface area (Å²) in [5.74, 6) is 1.56. The number of benzene rings is 1. The molecule has 2 N–H and O–H groups in total. The molecule has 174 valence electrons. The lowest BCUT2D eigenvalue weighted by molar-refractivity contribution is 0.103. The number of carbonyl (C=O) groups is 1. The molecule has 0 atom stereocenters. The third-order valence-corrected chi connectivity index (χ3v) is 6.51. The van der Waals surface area contributed by atoms with E-state index in [4.69, 9.17) is 0 Å². The van der Waals surface area contributed by atoms with Gasteiger partial charge in [0.05, 0.1) is 6.20 Å². The molecule has 0 saturated carbocycles. The van der Waals surface area contributed by atoms with Crippen LogP contribution in [0.3, 0.4) is 0 Å². The molecule has 0 radical (unpaired) electrons. The molecule has 1 aromatic carbocycles. The predicted octanol–water partition coefficient (Wildman–Crippen LogP) is 3.78. The quantitative estimate of drug-likeness (QED) is 0.543. The van der Waals surface area contributed by atoms with Crippen LogP contribution in [0.25, 0.3) is 0 Å². The zero-order chi connectivity index (χ0) is 23.4. The Balaban J connectivity index is 1.43. The van der Waals surface area contributed by atoms with Crippen LogP contribution in [0, 0.1) is 20.8 Å². The van der Waals surface area contributed by atoms with Gasteiger partial charge in [0.1, 0.15) is 10.7 Å². The van der Waals surface area contributed by atoms with Gasteiger partial charge in [-0.05, 0) is 44.9 Å². The van der Waals surface area contributed by atoms with Crippen LogP contribution in [0.15, 0.2) is 24.4 Å². The molecule has 4 rings (SSSR count). The summed E-state index contributed by atoms with van der Waals surface area (Å²) < 4.78 is 0. The van der Waals surface area contributed by atoms with Crippen molar-refractivity contribution in [1.82, 2.24) is 24.8 Å². The molecule has 2 aromatic heterocycles. The molecule has 10 heteroatoms. The van der Waals surface area contributed by atoms with E-state index in [9.17, 15) is 4.79 Å². The molecule has 9 nitrogen and oxygen atoms in total. The lowest BCUT2D eigenvalue weighted by atomic mass is 10.1. The fourth-order valence-electron chi connectivity index (χ4n) is 3.87. The molecule has 33 heavy (non-hydrogen) atoms. The standard InChI is InChI=1S/C23H30N8OS/c1-5-9-30-10-12-31(13-11-30)22-26-17(4)25-21(28-22)29-23-24-14-18(33-23)20(32)27-19-15(2)7-6-8-16(19)3/h6-8,14H,5,9-13H2,1-4H3,(H,27,32)(H,24,25,26,28,29). The van der Waals surface area contributed by atoms with E-state index in [0.717, 1.165) is 56.0 Å². The number of hydrogen-bond donors (Lipinski definition) is 2. The van der Waals surface area contributed by atoms with Crippen molar-refractivity contribution >= 4 is 40.0 Å². The Morgan fingerprint density at radius 1 is 1.06 bits per heavy atom. The average molecular weight is 467 g/mol. The van der Waals surface area contributed by atoms with E-state index in [1.54, 1.807) is 6.20 Å². The highest BCUT2D eigenvalue weighted by atomic mass is 32.1. The van der Waals surface area contributed by atoms with Crippen molar-refractivity contribution < 1.29 is 4.79 Å². The summed E-state index contributed by atoms with van der Waals surface area (Å²) in [5.41, 5.74) is 2.88. The number of nitrogens with one attached hydrogen (secondary N) is 2. The van der Waals surface area contributed by atoms with E-state index in [0.29, 0.717) is 27.7 Å². The lowest BCUT2D eigenvalue weighted by Crippen LogP contribution is -2.47. The van der Waals surface area contributed by atoms with Crippen LogP contribution in [0.2, 0.25) is 0 Å². The Kier molecular flexibility index (Phi) is 7.14.